The molecule has 0 radical (unpaired) electrons. The van der Waals surface area contributed by atoms with Gasteiger partial charge in [0, 0.05) is 6.61 Å². The molecule has 3 nitrogen and oxygen atoms in total. The Morgan fingerprint density at radius 2 is 2.45 bits per heavy atom. The van der Waals surface area contributed by atoms with E-state index in [0.717, 1.165) is 12.0 Å². The SMILES string of the molecule is C=C(C)COCCCN=C=O. The summed E-state index contributed by atoms with van der Waals surface area (Å²) in [4.78, 5) is 13.0. The van der Waals surface area contributed by atoms with Gasteiger partial charge in [-0.3, -0.25) is 0 Å². The van der Waals surface area contributed by atoms with E-state index in [-0.39, 0.29) is 0 Å². The minimum Gasteiger partial charge on any atom is -0.377 e. The van der Waals surface area contributed by atoms with E-state index >= 15 is 0 Å². The zero-order valence-corrected chi connectivity index (χ0v) is 6.80. The highest BCUT2D eigenvalue weighted by atomic mass is 16.5. The minimum atomic E-state index is 0.500. The van der Waals surface area contributed by atoms with Gasteiger partial charge in [0.1, 0.15) is 0 Å². The maximum Gasteiger partial charge on any atom is 0.234 e. The molecule has 0 rings (SSSR count). The third kappa shape index (κ3) is 9.08. The van der Waals surface area contributed by atoms with Gasteiger partial charge in [0.25, 0.3) is 0 Å². The van der Waals surface area contributed by atoms with Gasteiger partial charge in [-0.25, -0.2) is 9.79 Å². The Kier molecular flexibility index (Phi) is 6.59. The van der Waals surface area contributed by atoms with E-state index in [0.29, 0.717) is 19.8 Å². The minimum absolute atomic E-state index is 0.500. The molecule has 0 bridgehead atoms. The zero-order valence-electron chi connectivity index (χ0n) is 6.80. The highest BCUT2D eigenvalue weighted by molar-refractivity contribution is 5.32. The summed E-state index contributed by atoms with van der Waals surface area (Å²) in [5.41, 5.74) is 1.00. The van der Waals surface area contributed by atoms with Crippen LogP contribution in [0.25, 0.3) is 0 Å². The van der Waals surface area contributed by atoms with E-state index < -0.39 is 0 Å². The van der Waals surface area contributed by atoms with Crippen LogP contribution in [0.2, 0.25) is 0 Å². The molecule has 62 valence electrons. The molecule has 0 N–H and O–H groups in total. The van der Waals surface area contributed by atoms with Crippen molar-refractivity contribution in [3.05, 3.63) is 12.2 Å². The second-order valence-corrected chi connectivity index (χ2v) is 2.34. The van der Waals surface area contributed by atoms with Crippen molar-refractivity contribution in [1.82, 2.24) is 0 Å². The smallest absolute Gasteiger partial charge is 0.234 e. The summed E-state index contributed by atoms with van der Waals surface area (Å²) >= 11 is 0. The van der Waals surface area contributed by atoms with Crippen LogP contribution in [0.3, 0.4) is 0 Å². The first-order chi connectivity index (χ1) is 5.27. The number of aliphatic imine (C=N–C) groups is 1. The van der Waals surface area contributed by atoms with Gasteiger partial charge in [0.2, 0.25) is 6.08 Å². The van der Waals surface area contributed by atoms with Crippen molar-refractivity contribution < 1.29 is 9.53 Å². The Hall–Kier alpha value is -0.920. The molecule has 0 spiro atoms. The molecular weight excluding hydrogens is 142 g/mol. The van der Waals surface area contributed by atoms with Crippen LogP contribution in [0.5, 0.6) is 0 Å². The Balaban J connectivity index is 3.02. The first-order valence-electron chi connectivity index (χ1n) is 3.53. The number of ether oxygens (including phenoxy) is 1. The molecule has 0 amide bonds. The standard InChI is InChI=1S/C8H13NO2/c1-8(2)6-11-5-3-4-9-7-10/h1,3-6H2,2H3. The molecule has 11 heavy (non-hydrogen) atoms. The average Bonchev–Trinajstić information content (AvgIpc) is 1.96. The van der Waals surface area contributed by atoms with Gasteiger partial charge in [0.15, 0.2) is 0 Å². The van der Waals surface area contributed by atoms with E-state index in [9.17, 15) is 4.79 Å². The van der Waals surface area contributed by atoms with Crippen LogP contribution in [0.4, 0.5) is 0 Å². The van der Waals surface area contributed by atoms with E-state index in [1.807, 2.05) is 6.92 Å². The van der Waals surface area contributed by atoms with Gasteiger partial charge in [-0.1, -0.05) is 12.2 Å². The van der Waals surface area contributed by atoms with Gasteiger partial charge in [-0.15, -0.1) is 0 Å². The quantitative estimate of drug-likeness (QED) is 0.251. The van der Waals surface area contributed by atoms with Crippen LogP contribution >= 0.6 is 0 Å². The number of hydrogen-bond acceptors (Lipinski definition) is 3. The van der Waals surface area contributed by atoms with Crippen LogP contribution in [0, 0.1) is 0 Å². The molecule has 0 fully saturated rings. The Labute approximate surface area is 66.8 Å². The molecule has 0 heterocycles. The molecule has 0 saturated heterocycles. The zero-order chi connectivity index (χ0) is 8.53. The number of rotatable bonds is 6. The van der Waals surface area contributed by atoms with Crippen LogP contribution in [-0.2, 0) is 9.53 Å². The third-order valence-electron chi connectivity index (χ3n) is 0.972. The van der Waals surface area contributed by atoms with Crippen LogP contribution in [0.1, 0.15) is 13.3 Å². The average molecular weight is 155 g/mol. The van der Waals surface area contributed by atoms with Crippen molar-refractivity contribution in [2.24, 2.45) is 4.99 Å². The summed E-state index contributed by atoms with van der Waals surface area (Å²) in [5, 5.41) is 0. The fourth-order valence-corrected chi connectivity index (χ4v) is 0.538. The fraction of sp³-hybridized carbons (Fsp3) is 0.625. The first-order valence-corrected chi connectivity index (χ1v) is 3.53. The Morgan fingerprint density at radius 1 is 1.73 bits per heavy atom. The second-order valence-electron chi connectivity index (χ2n) is 2.34. The molecule has 3 heteroatoms. The number of carbonyl (C=O) groups excluding carboxylic acids is 1. The number of isocyanates is 1. The molecule has 0 aliphatic heterocycles. The molecule has 0 unspecified atom stereocenters. The lowest BCUT2D eigenvalue weighted by Crippen LogP contribution is -1.98. The Morgan fingerprint density at radius 3 is 3.00 bits per heavy atom. The highest BCUT2D eigenvalue weighted by Gasteiger charge is 1.87. The van der Waals surface area contributed by atoms with Crippen LogP contribution < -0.4 is 0 Å². The fourth-order valence-electron chi connectivity index (χ4n) is 0.538. The lowest BCUT2D eigenvalue weighted by atomic mass is 10.4. The molecule has 0 aliphatic carbocycles. The number of nitrogens with zero attached hydrogens (tertiary/aromatic N) is 1. The van der Waals surface area contributed by atoms with Crippen LogP contribution in [0.15, 0.2) is 17.1 Å². The summed E-state index contributed by atoms with van der Waals surface area (Å²) in [6, 6.07) is 0. The van der Waals surface area contributed by atoms with Crippen molar-refractivity contribution in [1.29, 1.82) is 0 Å². The molecule has 0 aromatic heterocycles. The van der Waals surface area contributed by atoms with Gasteiger partial charge in [-0.2, -0.15) is 0 Å². The summed E-state index contributed by atoms with van der Waals surface area (Å²) in [7, 11) is 0. The first kappa shape index (κ1) is 10.1. The monoisotopic (exact) mass is 155 g/mol. The van der Waals surface area contributed by atoms with E-state index in [1.165, 1.54) is 6.08 Å². The van der Waals surface area contributed by atoms with Gasteiger partial charge in [-0.05, 0) is 13.3 Å². The van der Waals surface area contributed by atoms with Gasteiger partial charge < -0.3 is 4.74 Å². The summed E-state index contributed by atoms with van der Waals surface area (Å²) < 4.78 is 5.15. The lowest BCUT2D eigenvalue weighted by Gasteiger charge is -2.00. The molecule has 0 aliphatic rings. The van der Waals surface area contributed by atoms with E-state index in [2.05, 4.69) is 11.6 Å². The normalized spacial score (nSPS) is 8.82. The molecule has 0 saturated carbocycles. The van der Waals surface area contributed by atoms with Crippen molar-refractivity contribution in [2.45, 2.75) is 13.3 Å². The molecule has 0 atom stereocenters. The molecular formula is C8H13NO2. The van der Waals surface area contributed by atoms with Crippen molar-refractivity contribution in [2.75, 3.05) is 19.8 Å². The van der Waals surface area contributed by atoms with Crippen LogP contribution in [-0.4, -0.2) is 25.8 Å². The lowest BCUT2D eigenvalue weighted by molar-refractivity contribution is 0.155. The van der Waals surface area contributed by atoms with E-state index in [4.69, 9.17) is 4.74 Å². The van der Waals surface area contributed by atoms with Gasteiger partial charge >= 0.3 is 0 Å². The largest absolute Gasteiger partial charge is 0.377 e. The predicted molar refractivity (Wildman–Crippen MR) is 43.2 cm³/mol. The topological polar surface area (TPSA) is 38.7 Å². The molecule has 0 aromatic carbocycles. The van der Waals surface area contributed by atoms with Crippen molar-refractivity contribution in [3.8, 4) is 0 Å². The Bertz CT molecular complexity index is 155. The third-order valence-corrected chi connectivity index (χ3v) is 0.972. The predicted octanol–water partition coefficient (Wildman–Crippen LogP) is 1.31. The van der Waals surface area contributed by atoms with Crippen molar-refractivity contribution in [3.63, 3.8) is 0 Å². The van der Waals surface area contributed by atoms with Gasteiger partial charge in [0.05, 0.1) is 13.2 Å². The van der Waals surface area contributed by atoms with Crippen molar-refractivity contribution >= 4 is 6.08 Å². The summed E-state index contributed by atoms with van der Waals surface area (Å²) in [5.74, 6) is 0. The maximum atomic E-state index is 9.60. The highest BCUT2D eigenvalue weighted by Crippen LogP contribution is 1.89. The maximum absolute atomic E-state index is 9.60. The van der Waals surface area contributed by atoms with E-state index in [1.54, 1.807) is 0 Å². The number of hydrogen-bond donors (Lipinski definition) is 0. The summed E-state index contributed by atoms with van der Waals surface area (Å²) in [6.45, 7) is 7.30. The summed E-state index contributed by atoms with van der Waals surface area (Å²) in [6.07, 6.45) is 2.24. The molecule has 0 aromatic rings. The second kappa shape index (κ2) is 7.19.